The molecule has 9 nitrogen and oxygen atoms in total. The molecule has 2 aromatic rings. The maximum Gasteiger partial charge on any atom is 0.414 e. The van der Waals surface area contributed by atoms with Crippen LogP contribution in [-0.2, 0) is 14.3 Å². The number of aliphatic carboxylic acids is 2. The molecule has 1 aromatic carbocycles. The van der Waals surface area contributed by atoms with Crippen molar-refractivity contribution in [3.05, 3.63) is 48.5 Å². The summed E-state index contributed by atoms with van der Waals surface area (Å²) in [7, 11) is 0. The number of hydrazone groups is 1. The van der Waals surface area contributed by atoms with Crippen LogP contribution in [0.2, 0.25) is 0 Å². The number of hydrogen-bond acceptors (Lipinski definition) is 6. The summed E-state index contributed by atoms with van der Waals surface area (Å²) in [5.41, 5.74) is 3.27. The zero-order chi connectivity index (χ0) is 18.9. The Balaban J connectivity index is 0.000000352. The van der Waals surface area contributed by atoms with Gasteiger partial charge in [-0.15, -0.1) is 0 Å². The van der Waals surface area contributed by atoms with Gasteiger partial charge in [0.05, 0.1) is 38.3 Å². The maximum atomic E-state index is 9.10. The van der Waals surface area contributed by atoms with E-state index in [1.165, 1.54) is 0 Å². The van der Waals surface area contributed by atoms with Crippen LogP contribution in [0.5, 0.6) is 0 Å². The molecule has 0 aliphatic carbocycles. The van der Waals surface area contributed by atoms with Crippen molar-refractivity contribution in [1.29, 1.82) is 0 Å². The van der Waals surface area contributed by atoms with Gasteiger partial charge in [0.25, 0.3) is 0 Å². The monoisotopic (exact) mass is 360 g/mol. The molecule has 1 saturated heterocycles. The molecule has 1 aliphatic heterocycles. The molecule has 3 rings (SSSR count). The van der Waals surface area contributed by atoms with E-state index in [-0.39, 0.29) is 0 Å². The normalized spacial score (nSPS) is 14.3. The van der Waals surface area contributed by atoms with Gasteiger partial charge in [0.15, 0.2) is 0 Å². The van der Waals surface area contributed by atoms with E-state index in [0.717, 1.165) is 43.3 Å². The molecule has 0 bridgehead atoms. The molecular formula is C17H20N4O5. The van der Waals surface area contributed by atoms with Crippen molar-refractivity contribution in [2.24, 2.45) is 5.10 Å². The van der Waals surface area contributed by atoms with Crippen LogP contribution in [0.1, 0.15) is 12.5 Å². The van der Waals surface area contributed by atoms with Gasteiger partial charge in [0.1, 0.15) is 0 Å². The van der Waals surface area contributed by atoms with E-state index in [0.29, 0.717) is 0 Å². The van der Waals surface area contributed by atoms with Gasteiger partial charge in [-0.05, 0) is 24.6 Å². The molecule has 0 atom stereocenters. The Bertz CT molecular complexity index is 738. The van der Waals surface area contributed by atoms with Crippen molar-refractivity contribution in [2.45, 2.75) is 6.92 Å². The standard InChI is InChI=1S/C15H18N4O.C2H2O4/c1-13(17-19-8-10-20-11-9-19)14-2-4-15(5-3-14)18-7-6-16-12-18;3-1(4)2(5)6/h2-7,12H,8-11H2,1H3;(H,3,4)(H,5,6). The van der Waals surface area contributed by atoms with Crippen LogP contribution >= 0.6 is 0 Å². The molecule has 2 N–H and O–H groups in total. The summed E-state index contributed by atoms with van der Waals surface area (Å²) in [6.45, 7) is 5.29. The fraction of sp³-hybridized carbons (Fsp3) is 0.294. The molecule has 0 saturated carbocycles. The first-order valence-corrected chi connectivity index (χ1v) is 7.90. The Kier molecular flexibility index (Phi) is 6.86. The number of nitrogens with zero attached hydrogens (tertiary/aromatic N) is 4. The van der Waals surface area contributed by atoms with Crippen LogP contribution in [0, 0.1) is 0 Å². The highest BCUT2D eigenvalue weighted by atomic mass is 16.5. The third-order valence-electron chi connectivity index (χ3n) is 3.55. The minimum atomic E-state index is -1.82. The van der Waals surface area contributed by atoms with Gasteiger partial charge >= 0.3 is 11.9 Å². The van der Waals surface area contributed by atoms with E-state index in [9.17, 15) is 0 Å². The summed E-state index contributed by atoms with van der Waals surface area (Å²) in [6.07, 6.45) is 5.51. The lowest BCUT2D eigenvalue weighted by Crippen LogP contribution is -2.33. The van der Waals surface area contributed by atoms with Gasteiger partial charge in [0, 0.05) is 18.1 Å². The quantitative estimate of drug-likeness (QED) is 0.621. The smallest absolute Gasteiger partial charge is 0.414 e. The van der Waals surface area contributed by atoms with Gasteiger partial charge in [-0.25, -0.2) is 14.6 Å². The van der Waals surface area contributed by atoms with Crippen LogP contribution in [-0.4, -0.2) is 68.7 Å². The highest BCUT2D eigenvalue weighted by molar-refractivity contribution is 6.27. The third-order valence-corrected chi connectivity index (χ3v) is 3.55. The van der Waals surface area contributed by atoms with Gasteiger partial charge in [0.2, 0.25) is 0 Å². The average Bonchev–Trinajstić information content (AvgIpc) is 3.18. The van der Waals surface area contributed by atoms with Gasteiger partial charge in [-0.3, -0.25) is 5.01 Å². The Labute approximate surface area is 150 Å². The molecule has 138 valence electrons. The number of aromatic nitrogens is 2. The predicted molar refractivity (Wildman–Crippen MR) is 93.4 cm³/mol. The number of imidazole rings is 1. The lowest BCUT2D eigenvalue weighted by Gasteiger charge is -2.24. The molecule has 2 heterocycles. The summed E-state index contributed by atoms with van der Waals surface area (Å²) in [5.74, 6) is -3.65. The molecule has 0 unspecified atom stereocenters. The van der Waals surface area contributed by atoms with Crippen molar-refractivity contribution < 1.29 is 24.5 Å². The molecular weight excluding hydrogens is 340 g/mol. The molecule has 0 spiro atoms. The number of rotatable bonds is 3. The zero-order valence-corrected chi connectivity index (χ0v) is 14.3. The lowest BCUT2D eigenvalue weighted by atomic mass is 10.1. The second-order valence-electron chi connectivity index (χ2n) is 5.38. The first kappa shape index (κ1) is 19.1. The Hall–Kier alpha value is -3.20. The SMILES string of the molecule is CC(=NN1CCOCC1)c1ccc(-n2ccnc2)cc1.O=C(O)C(=O)O. The van der Waals surface area contributed by atoms with Crippen LogP contribution in [0.3, 0.4) is 0 Å². The molecule has 26 heavy (non-hydrogen) atoms. The van der Waals surface area contributed by atoms with E-state index in [1.807, 2.05) is 17.7 Å². The van der Waals surface area contributed by atoms with Crippen molar-refractivity contribution in [1.82, 2.24) is 14.6 Å². The Morgan fingerprint density at radius 1 is 1.12 bits per heavy atom. The van der Waals surface area contributed by atoms with Crippen LogP contribution in [0.4, 0.5) is 0 Å². The van der Waals surface area contributed by atoms with E-state index in [2.05, 4.69) is 39.4 Å². The zero-order valence-electron chi connectivity index (χ0n) is 14.3. The molecule has 9 heteroatoms. The fourth-order valence-electron chi connectivity index (χ4n) is 2.21. The van der Waals surface area contributed by atoms with Crippen LogP contribution in [0.15, 0.2) is 48.1 Å². The Morgan fingerprint density at radius 2 is 1.73 bits per heavy atom. The van der Waals surface area contributed by atoms with Gasteiger partial charge in [-0.1, -0.05) is 12.1 Å². The minimum absolute atomic E-state index is 0.760. The van der Waals surface area contributed by atoms with E-state index >= 15 is 0 Å². The predicted octanol–water partition coefficient (Wildman–Crippen LogP) is 1.08. The number of hydrogen-bond donors (Lipinski definition) is 2. The molecule has 1 aliphatic rings. The van der Waals surface area contributed by atoms with Crippen LogP contribution in [0.25, 0.3) is 5.69 Å². The third kappa shape index (κ3) is 5.71. The van der Waals surface area contributed by atoms with E-state index in [1.54, 1.807) is 12.5 Å². The summed E-state index contributed by atoms with van der Waals surface area (Å²) in [5, 5.41) is 21.5. The number of carboxylic acids is 2. The minimum Gasteiger partial charge on any atom is -0.473 e. The van der Waals surface area contributed by atoms with E-state index in [4.69, 9.17) is 24.5 Å². The summed E-state index contributed by atoms with van der Waals surface area (Å²) >= 11 is 0. The van der Waals surface area contributed by atoms with Crippen LogP contribution < -0.4 is 0 Å². The van der Waals surface area contributed by atoms with Crippen molar-refractivity contribution in [2.75, 3.05) is 26.3 Å². The number of carboxylic acid groups (broad SMARTS) is 2. The number of ether oxygens (including phenoxy) is 1. The second-order valence-corrected chi connectivity index (χ2v) is 5.38. The number of morpholine rings is 1. The second kappa shape index (κ2) is 9.33. The largest absolute Gasteiger partial charge is 0.473 e. The highest BCUT2D eigenvalue weighted by Crippen LogP contribution is 2.11. The summed E-state index contributed by atoms with van der Waals surface area (Å²) in [6, 6.07) is 8.34. The summed E-state index contributed by atoms with van der Waals surface area (Å²) in [4.78, 5) is 22.3. The lowest BCUT2D eigenvalue weighted by molar-refractivity contribution is -0.159. The first-order chi connectivity index (χ1) is 12.5. The molecule has 0 amide bonds. The van der Waals surface area contributed by atoms with Crippen molar-refractivity contribution in [3.63, 3.8) is 0 Å². The number of benzene rings is 1. The first-order valence-electron chi connectivity index (χ1n) is 7.90. The van der Waals surface area contributed by atoms with E-state index < -0.39 is 11.9 Å². The highest BCUT2D eigenvalue weighted by Gasteiger charge is 2.08. The summed E-state index contributed by atoms with van der Waals surface area (Å²) < 4.78 is 7.31. The average molecular weight is 360 g/mol. The molecule has 1 fully saturated rings. The maximum absolute atomic E-state index is 9.10. The number of carbonyl (C=O) groups is 2. The van der Waals surface area contributed by atoms with Gasteiger partial charge < -0.3 is 19.5 Å². The van der Waals surface area contributed by atoms with Gasteiger partial charge in [-0.2, -0.15) is 5.10 Å². The van der Waals surface area contributed by atoms with Crippen molar-refractivity contribution >= 4 is 17.7 Å². The molecule has 1 aromatic heterocycles. The Morgan fingerprint density at radius 3 is 2.23 bits per heavy atom. The topological polar surface area (TPSA) is 117 Å². The molecule has 0 radical (unpaired) electrons. The fourth-order valence-corrected chi connectivity index (χ4v) is 2.21. The van der Waals surface area contributed by atoms with Crippen molar-refractivity contribution in [3.8, 4) is 5.69 Å².